The first-order valence-corrected chi connectivity index (χ1v) is 13.6. The summed E-state index contributed by atoms with van der Waals surface area (Å²) in [5.74, 6) is -2.94. The SMILES string of the molecule is N=C(N)CCCCC(C=O)NC(=O)CCC(=O)C(CCC(=O)O)NS(=O)(=O)Cc1ccc(C(N)NO)cc1. The van der Waals surface area contributed by atoms with Crippen molar-refractivity contribution in [2.75, 3.05) is 0 Å². The molecule has 0 spiro atoms. The van der Waals surface area contributed by atoms with Crippen LogP contribution in [0.15, 0.2) is 24.3 Å². The lowest BCUT2D eigenvalue weighted by molar-refractivity contribution is -0.137. The lowest BCUT2D eigenvalue weighted by Gasteiger charge is -2.18. The molecule has 1 aromatic carbocycles. The van der Waals surface area contributed by atoms with Crippen molar-refractivity contribution in [1.82, 2.24) is 15.5 Å². The number of Topliss-reactive ketones (excluding diaryl/α,β-unsaturated/α-hetero) is 1. The Hall–Kier alpha value is -3.24. The van der Waals surface area contributed by atoms with Gasteiger partial charge in [-0.2, -0.15) is 5.48 Å². The molecule has 0 aliphatic carbocycles. The lowest BCUT2D eigenvalue weighted by Crippen LogP contribution is -2.42. The maximum Gasteiger partial charge on any atom is 0.303 e. The van der Waals surface area contributed by atoms with Crippen molar-refractivity contribution in [3.8, 4) is 0 Å². The Morgan fingerprint density at radius 3 is 2.24 bits per heavy atom. The van der Waals surface area contributed by atoms with Crippen LogP contribution in [-0.4, -0.2) is 60.6 Å². The van der Waals surface area contributed by atoms with Crippen LogP contribution in [0.2, 0.25) is 0 Å². The van der Waals surface area contributed by atoms with E-state index in [4.69, 9.17) is 27.2 Å². The second kappa shape index (κ2) is 16.6. The van der Waals surface area contributed by atoms with Crippen molar-refractivity contribution in [3.05, 3.63) is 35.4 Å². The van der Waals surface area contributed by atoms with Crippen LogP contribution in [0.25, 0.3) is 0 Å². The van der Waals surface area contributed by atoms with E-state index >= 15 is 0 Å². The van der Waals surface area contributed by atoms with Gasteiger partial charge in [0, 0.05) is 25.7 Å². The Labute approximate surface area is 221 Å². The van der Waals surface area contributed by atoms with Crippen LogP contribution in [0.3, 0.4) is 0 Å². The highest BCUT2D eigenvalue weighted by atomic mass is 32.2. The molecule has 212 valence electrons. The number of hydrogen-bond donors (Lipinski definition) is 8. The predicted molar refractivity (Wildman–Crippen MR) is 137 cm³/mol. The van der Waals surface area contributed by atoms with Gasteiger partial charge in [-0.25, -0.2) is 13.1 Å². The number of carbonyl (C=O) groups excluding carboxylic acids is 3. The van der Waals surface area contributed by atoms with Crippen molar-refractivity contribution in [3.63, 3.8) is 0 Å². The molecule has 0 radical (unpaired) electrons. The monoisotopic (exact) mass is 556 g/mol. The van der Waals surface area contributed by atoms with E-state index in [-0.39, 0.29) is 25.1 Å². The van der Waals surface area contributed by atoms with E-state index < -0.39 is 58.1 Å². The fraction of sp³-hybridized carbons (Fsp3) is 0.522. The van der Waals surface area contributed by atoms with Crippen molar-refractivity contribution >= 4 is 39.8 Å². The number of benzene rings is 1. The average molecular weight is 557 g/mol. The molecule has 0 heterocycles. The van der Waals surface area contributed by atoms with Gasteiger partial charge in [-0.15, -0.1) is 0 Å². The quantitative estimate of drug-likeness (QED) is 0.0260. The van der Waals surface area contributed by atoms with Crippen LogP contribution in [0, 0.1) is 5.41 Å². The third-order valence-corrected chi connectivity index (χ3v) is 6.87. The van der Waals surface area contributed by atoms with Gasteiger partial charge in [0.1, 0.15) is 12.5 Å². The summed E-state index contributed by atoms with van der Waals surface area (Å²) < 4.78 is 27.6. The van der Waals surface area contributed by atoms with Gasteiger partial charge in [0.2, 0.25) is 15.9 Å². The number of carboxylic acid groups (broad SMARTS) is 1. The van der Waals surface area contributed by atoms with Crippen LogP contribution in [0.4, 0.5) is 0 Å². The van der Waals surface area contributed by atoms with Crippen LogP contribution in [0.1, 0.15) is 68.7 Å². The standard InChI is InChI=1S/C23H36N6O8S/c24-20(25)4-2-1-3-17(13-30)27-21(32)11-10-19(31)18(9-12-22(33)34)29-38(36,37)14-15-5-7-16(8-6-15)23(26)28-35/h5-8,13,17-18,23,28-29,35H,1-4,9-12,14,26H2,(H3,24,25)(H,27,32)(H,33,34). The van der Waals surface area contributed by atoms with E-state index in [1.54, 1.807) is 0 Å². The zero-order chi connectivity index (χ0) is 28.7. The van der Waals surface area contributed by atoms with Crippen molar-refractivity contribution in [2.45, 2.75) is 75.4 Å². The number of nitrogens with two attached hydrogens (primary N) is 2. The minimum atomic E-state index is -4.08. The first-order valence-electron chi connectivity index (χ1n) is 11.9. The number of carbonyl (C=O) groups is 4. The molecule has 0 saturated carbocycles. The number of rotatable bonds is 20. The second-order valence-electron chi connectivity index (χ2n) is 8.76. The summed E-state index contributed by atoms with van der Waals surface area (Å²) in [5, 5.41) is 27.5. The molecule has 1 aromatic rings. The maximum atomic E-state index is 12.7. The fourth-order valence-corrected chi connectivity index (χ4v) is 4.87. The summed E-state index contributed by atoms with van der Waals surface area (Å²) >= 11 is 0. The molecule has 3 unspecified atom stereocenters. The largest absolute Gasteiger partial charge is 0.481 e. The highest BCUT2D eigenvalue weighted by molar-refractivity contribution is 7.88. The number of hydroxylamine groups is 1. The van der Waals surface area contributed by atoms with Crippen molar-refractivity contribution < 1.29 is 37.9 Å². The number of carboxylic acids is 1. The molecule has 1 amide bonds. The van der Waals surface area contributed by atoms with Crippen LogP contribution < -0.4 is 27.0 Å². The van der Waals surface area contributed by atoms with E-state index in [0.29, 0.717) is 43.1 Å². The fourth-order valence-electron chi connectivity index (χ4n) is 3.47. The summed E-state index contributed by atoms with van der Waals surface area (Å²) in [5.41, 5.74) is 13.6. The predicted octanol–water partition coefficient (Wildman–Crippen LogP) is -0.195. The smallest absolute Gasteiger partial charge is 0.303 e. The lowest BCUT2D eigenvalue weighted by atomic mass is 10.0. The van der Waals surface area contributed by atoms with Gasteiger partial charge in [0.25, 0.3) is 0 Å². The molecule has 0 fully saturated rings. The van der Waals surface area contributed by atoms with Gasteiger partial charge in [-0.3, -0.25) is 19.8 Å². The second-order valence-corrected chi connectivity index (χ2v) is 10.5. The molecular weight excluding hydrogens is 520 g/mol. The molecule has 38 heavy (non-hydrogen) atoms. The topological polar surface area (TPSA) is 255 Å². The van der Waals surface area contributed by atoms with Crippen molar-refractivity contribution in [1.29, 1.82) is 5.41 Å². The molecule has 0 bridgehead atoms. The van der Waals surface area contributed by atoms with Crippen molar-refractivity contribution in [2.24, 2.45) is 11.5 Å². The minimum absolute atomic E-state index is 0.0292. The van der Waals surface area contributed by atoms with Gasteiger partial charge in [-0.05, 0) is 30.4 Å². The number of amides is 1. The zero-order valence-corrected chi connectivity index (χ0v) is 21.7. The number of amidine groups is 1. The summed E-state index contributed by atoms with van der Waals surface area (Å²) in [6.07, 6.45) is 0.0881. The summed E-state index contributed by atoms with van der Waals surface area (Å²) in [6, 6.07) is 3.85. The van der Waals surface area contributed by atoms with Gasteiger partial charge in [0.15, 0.2) is 5.78 Å². The number of nitrogens with one attached hydrogen (secondary N) is 4. The van der Waals surface area contributed by atoms with Gasteiger partial charge >= 0.3 is 5.97 Å². The molecule has 1 rings (SSSR count). The van der Waals surface area contributed by atoms with Gasteiger partial charge < -0.3 is 31.9 Å². The minimum Gasteiger partial charge on any atom is -0.481 e. The molecule has 10 N–H and O–H groups in total. The number of aliphatic carboxylic acids is 1. The van der Waals surface area contributed by atoms with E-state index in [9.17, 15) is 27.6 Å². The number of sulfonamides is 1. The Balaban J connectivity index is 2.73. The summed E-state index contributed by atoms with van der Waals surface area (Å²) in [4.78, 5) is 47.2. The Bertz CT molecular complexity index is 1060. The molecule has 0 aromatic heterocycles. The number of ketones is 1. The maximum absolute atomic E-state index is 12.7. The third-order valence-electron chi connectivity index (χ3n) is 5.51. The third kappa shape index (κ3) is 13.3. The number of hydrogen-bond acceptors (Lipinski definition) is 10. The van der Waals surface area contributed by atoms with E-state index in [0.717, 1.165) is 0 Å². The van der Waals surface area contributed by atoms with Crippen LogP contribution in [0.5, 0.6) is 0 Å². The first kappa shape index (κ1) is 32.8. The number of aldehydes is 1. The van der Waals surface area contributed by atoms with Crippen LogP contribution in [-0.2, 0) is 35.0 Å². The molecule has 0 saturated heterocycles. The van der Waals surface area contributed by atoms with E-state index in [1.165, 1.54) is 24.3 Å². The van der Waals surface area contributed by atoms with Gasteiger partial charge in [0.05, 0.1) is 23.7 Å². The Kier molecular flexibility index (Phi) is 14.3. The highest BCUT2D eigenvalue weighted by Crippen LogP contribution is 2.13. The molecule has 14 nitrogen and oxygen atoms in total. The molecule has 15 heteroatoms. The summed E-state index contributed by atoms with van der Waals surface area (Å²) in [6.45, 7) is 0. The molecule has 0 aliphatic rings. The molecule has 3 atom stereocenters. The Morgan fingerprint density at radius 2 is 1.68 bits per heavy atom. The molecule has 0 aliphatic heterocycles. The highest BCUT2D eigenvalue weighted by Gasteiger charge is 2.26. The zero-order valence-electron chi connectivity index (χ0n) is 20.9. The van der Waals surface area contributed by atoms with Gasteiger partial charge in [-0.1, -0.05) is 30.7 Å². The molecular formula is C23H36N6O8S. The Morgan fingerprint density at radius 1 is 1.03 bits per heavy atom. The number of unbranched alkanes of at least 4 members (excludes halogenated alkanes) is 1. The van der Waals surface area contributed by atoms with E-state index in [2.05, 4.69) is 10.0 Å². The van der Waals surface area contributed by atoms with Crippen LogP contribution >= 0.6 is 0 Å². The normalized spacial score (nSPS) is 13.7. The first-order chi connectivity index (χ1) is 17.9. The van der Waals surface area contributed by atoms with E-state index in [1.807, 2.05) is 5.48 Å². The average Bonchev–Trinajstić information content (AvgIpc) is 2.86. The summed E-state index contributed by atoms with van der Waals surface area (Å²) in [7, 11) is -4.08.